The molecule has 19 heavy (non-hydrogen) atoms. The lowest BCUT2D eigenvalue weighted by atomic mass is 10.1. The van der Waals surface area contributed by atoms with E-state index in [1.54, 1.807) is 6.07 Å². The van der Waals surface area contributed by atoms with Crippen LogP contribution in [0.25, 0.3) is 0 Å². The molecule has 1 rings (SSSR count). The number of hydrogen-bond donors (Lipinski definition) is 1. The Morgan fingerprint density at radius 2 is 2.11 bits per heavy atom. The van der Waals surface area contributed by atoms with Gasteiger partial charge in [-0.25, -0.2) is 4.79 Å². The molecule has 0 fully saturated rings. The van der Waals surface area contributed by atoms with Gasteiger partial charge in [0, 0.05) is 15.8 Å². The Kier molecular flexibility index (Phi) is 6.85. The third kappa shape index (κ3) is 4.80. The predicted octanol–water partition coefficient (Wildman–Crippen LogP) is 3.47. The quantitative estimate of drug-likeness (QED) is 0.705. The van der Waals surface area contributed by atoms with Crippen LogP contribution in [0.2, 0.25) is 0 Å². The third-order valence-corrected chi connectivity index (χ3v) is 4.09. The summed E-state index contributed by atoms with van der Waals surface area (Å²) in [7, 11) is 0. The second-order valence-corrected chi connectivity index (χ2v) is 6.02. The lowest BCUT2D eigenvalue weighted by Crippen LogP contribution is -2.24. The highest BCUT2D eigenvalue weighted by molar-refractivity contribution is 14.1. The maximum Gasteiger partial charge on any atom is 0.352 e. The number of hydrogen-bond acceptors (Lipinski definition) is 2. The van der Waals surface area contributed by atoms with Crippen LogP contribution in [0.5, 0.6) is 0 Å². The molecular formula is C14H23IN2O2. The van der Waals surface area contributed by atoms with E-state index in [1.807, 2.05) is 10.8 Å². The molecule has 1 aromatic heterocycles. The summed E-state index contributed by atoms with van der Waals surface area (Å²) in [6, 6.07) is 1.95. The smallest absolute Gasteiger partial charge is 0.352 e. The Morgan fingerprint density at radius 3 is 2.63 bits per heavy atom. The van der Waals surface area contributed by atoms with Crippen LogP contribution in [0, 0.1) is 3.57 Å². The average Bonchev–Trinajstić information content (AvgIpc) is 2.77. The van der Waals surface area contributed by atoms with E-state index < -0.39 is 5.97 Å². The van der Waals surface area contributed by atoms with Crippen molar-refractivity contribution in [3.8, 4) is 0 Å². The first-order valence-corrected chi connectivity index (χ1v) is 7.90. The number of aromatic nitrogens is 1. The Morgan fingerprint density at radius 1 is 1.47 bits per heavy atom. The zero-order valence-corrected chi connectivity index (χ0v) is 14.1. The standard InChI is InChI=1S/C14H23IN2O2/c1-4-16(5-2)8-6-7-11(3)17-10-12(15)9-13(17)14(18)19/h9-11H,4-8H2,1-3H3,(H,18,19). The van der Waals surface area contributed by atoms with Gasteiger partial charge in [-0.15, -0.1) is 0 Å². The van der Waals surface area contributed by atoms with Crippen molar-refractivity contribution in [2.45, 2.75) is 39.7 Å². The molecule has 0 amide bonds. The summed E-state index contributed by atoms with van der Waals surface area (Å²) in [6.45, 7) is 9.66. The minimum atomic E-state index is -0.849. The summed E-state index contributed by atoms with van der Waals surface area (Å²) in [5.41, 5.74) is 0.389. The van der Waals surface area contributed by atoms with E-state index in [0.29, 0.717) is 5.69 Å². The summed E-state index contributed by atoms with van der Waals surface area (Å²) in [5.74, 6) is -0.849. The summed E-state index contributed by atoms with van der Waals surface area (Å²) in [5, 5.41) is 9.19. The lowest BCUT2D eigenvalue weighted by Gasteiger charge is -2.20. The molecular weight excluding hydrogens is 355 g/mol. The molecule has 1 heterocycles. The minimum Gasteiger partial charge on any atom is -0.477 e. The number of aromatic carboxylic acids is 1. The van der Waals surface area contributed by atoms with E-state index >= 15 is 0 Å². The molecule has 4 nitrogen and oxygen atoms in total. The van der Waals surface area contributed by atoms with Gasteiger partial charge in [-0.1, -0.05) is 13.8 Å². The SMILES string of the molecule is CCN(CC)CCCC(C)n1cc(I)cc1C(=O)O. The number of rotatable bonds is 8. The van der Waals surface area contributed by atoms with Crippen molar-refractivity contribution in [1.29, 1.82) is 0 Å². The number of carboxylic acids is 1. The van der Waals surface area contributed by atoms with E-state index in [9.17, 15) is 9.90 Å². The second-order valence-electron chi connectivity index (χ2n) is 4.77. The molecule has 1 unspecified atom stereocenters. The van der Waals surface area contributed by atoms with Gasteiger partial charge in [-0.3, -0.25) is 0 Å². The Balaban J connectivity index is 2.58. The van der Waals surface area contributed by atoms with Crippen molar-refractivity contribution in [2.24, 2.45) is 0 Å². The van der Waals surface area contributed by atoms with Gasteiger partial charge in [0.2, 0.25) is 0 Å². The van der Waals surface area contributed by atoms with Gasteiger partial charge in [0.1, 0.15) is 5.69 Å². The highest BCUT2D eigenvalue weighted by Gasteiger charge is 2.15. The van der Waals surface area contributed by atoms with Gasteiger partial charge in [-0.05, 0) is 68.1 Å². The summed E-state index contributed by atoms with van der Waals surface area (Å²) in [4.78, 5) is 13.6. The van der Waals surface area contributed by atoms with Crippen molar-refractivity contribution < 1.29 is 9.90 Å². The third-order valence-electron chi connectivity index (χ3n) is 3.50. The van der Waals surface area contributed by atoms with Crippen molar-refractivity contribution in [2.75, 3.05) is 19.6 Å². The van der Waals surface area contributed by atoms with Crippen LogP contribution >= 0.6 is 22.6 Å². The minimum absolute atomic E-state index is 0.227. The van der Waals surface area contributed by atoms with Crippen molar-refractivity contribution >= 4 is 28.6 Å². The molecule has 0 saturated carbocycles. The lowest BCUT2D eigenvalue weighted by molar-refractivity contribution is 0.0682. The molecule has 0 aliphatic rings. The molecule has 1 atom stereocenters. The number of halogens is 1. The first-order chi connectivity index (χ1) is 8.99. The number of carbonyl (C=O) groups is 1. The van der Waals surface area contributed by atoms with Crippen molar-refractivity contribution in [1.82, 2.24) is 9.47 Å². The highest BCUT2D eigenvalue weighted by Crippen LogP contribution is 2.20. The highest BCUT2D eigenvalue weighted by atomic mass is 127. The largest absolute Gasteiger partial charge is 0.477 e. The molecule has 108 valence electrons. The maximum absolute atomic E-state index is 11.2. The predicted molar refractivity (Wildman–Crippen MR) is 85.8 cm³/mol. The van der Waals surface area contributed by atoms with Crippen LogP contribution in [0.4, 0.5) is 0 Å². The van der Waals surface area contributed by atoms with Crippen molar-refractivity contribution in [3.63, 3.8) is 0 Å². The van der Waals surface area contributed by atoms with Crippen LogP contribution in [0.3, 0.4) is 0 Å². The van der Waals surface area contributed by atoms with Gasteiger partial charge >= 0.3 is 5.97 Å². The summed E-state index contributed by atoms with van der Waals surface area (Å²) < 4.78 is 2.86. The summed E-state index contributed by atoms with van der Waals surface area (Å²) >= 11 is 2.16. The maximum atomic E-state index is 11.2. The van der Waals surface area contributed by atoms with Crippen LogP contribution in [0.15, 0.2) is 12.3 Å². The summed E-state index contributed by atoms with van der Waals surface area (Å²) in [6.07, 6.45) is 4.02. The average molecular weight is 378 g/mol. The van der Waals surface area contributed by atoms with E-state index in [-0.39, 0.29) is 6.04 Å². The van der Waals surface area contributed by atoms with Gasteiger partial charge in [0.05, 0.1) is 0 Å². The van der Waals surface area contributed by atoms with Gasteiger partial charge in [0.15, 0.2) is 0 Å². The van der Waals surface area contributed by atoms with Crippen LogP contribution in [0.1, 0.15) is 50.1 Å². The van der Waals surface area contributed by atoms with E-state index in [0.717, 1.165) is 36.0 Å². The molecule has 0 saturated heterocycles. The normalized spacial score (nSPS) is 12.9. The molecule has 0 radical (unpaired) electrons. The fourth-order valence-electron chi connectivity index (χ4n) is 2.27. The number of carboxylic acid groups (broad SMARTS) is 1. The van der Waals surface area contributed by atoms with Gasteiger partial charge < -0.3 is 14.6 Å². The van der Waals surface area contributed by atoms with Crippen LogP contribution in [-0.2, 0) is 0 Å². The topological polar surface area (TPSA) is 45.5 Å². The second kappa shape index (κ2) is 7.89. The molecule has 0 spiro atoms. The Labute approximate surface area is 128 Å². The zero-order valence-electron chi connectivity index (χ0n) is 11.9. The molecule has 1 aromatic rings. The molecule has 0 bridgehead atoms. The molecule has 0 aliphatic heterocycles. The van der Waals surface area contributed by atoms with E-state index in [4.69, 9.17) is 0 Å². The zero-order chi connectivity index (χ0) is 14.4. The Bertz CT molecular complexity index is 414. The van der Waals surface area contributed by atoms with Crippen LogP contribution < -0.4 is 0 Å². The van der Waals surface area contributed by atoms with Crippen LogP contribution in [-0.4, -0.2) is 40.2 Å². The monoisotopic (exact) mass is 378 g/mol. The molecule has 1 N–H and O–H groups in total. The van der Waals surface area contributed by atoms with Gasteiger partial charge in [0.25, 0.3) is 0 Å². The number of nitrogens with zero attached hydrogens (tertiary/aromatic N) is 2. The fourth-order valence-corrected chi connectivity index (χ4v) is 2.87. The molecule has 0 aromatic carbocycles. The first-order valence-electron chi connectivity index (χ1n) is 6.82. The fraction of sp³-hybridized carbons (Fsp3) is 0.643. The molecule has 5 heteroatoms. The van der Waals surface area contributed by atoms with Crippen molar-refractivity contribution in [3.05, 3.63) is 21.5 Å². The van der Waals surface area contributed by atoms with Gasteiger partial charge in [-0.2, -0.15) is 0 Å². The van der Waals surface area contributed by atoms with E-state index in [1.165, 1.54) is 0 Å². The molecule has 0 aliphatic carbocycles. The van der Waals surface area contributed by atoms with E-state index in [2.05, 4.69) is 48.3 Å². The Hall–Kier alpha value is -0.560. The first kappa shape index (κ1) is 16.5.